The number of hydrogen-bond acceptors (Lipinski definition) is 3. The average Bonchev–Trinajstić information content (AvgIpc) is 2.16. The number of hydrogen-bond donors (Lipinski definition) is 2. The van der Waals surface area contributed by atoms with Gasteiger partial charge in [0.15, 0.2) is 0 Å². The van der Waals surface area contributed by atoms with E-state index < -0.39 is 0 Å². The van der Waals surface area contributed by atoms with Gasteiger partial charge < -0.3 is 11.1 Å². The van der Waals surface area contributed by atoms with E-state index in [0.29, 0.717) is 6.54 Å². The van der Waals surface area contributed by atoms with Gasteiger partial charge in [-0.05, 0) is 12.1 Å². The zero-order valence-electron chi connectivity index (χ0n) is 7.06. The predicted molar refractivity (Wildman–Crippen MR) is 52.4 cm³/mol. The molecule has 0 atom stereocenters. The molecule has 0 aliphatic rings. The quantitative estimate of drug-likeness (QED) is 0.728. The topological polar surface area (TPSA) is 68.0 Å². The van der Waals surface area contributed by atoms with Crippen LogP contribution in [0, 0.1) is 0 Å². The van der Waals surface area contributed by atoms with Crippen LogP contribution in [0.15, 0.2) is 24.4 Å². The van der Waals surface area contributed by atoms with Crippen molar-refractivity contribution >= 4 is 18.3 Å². The molecule has 0 saturated heterocycles. The van der Waals surface area contributed by atoms with Crippen molar-refractivity contribution in [1.82, 2.24) is 10.3 Å². The fourth-order valence-electron chi connectivity index (χ4n) is 0.764. The molecule has 4 nitrogen and oxygen atoms in total. The Bertz CT molecular complexity index is 253. The highest BCUT2D eigenvalue weighted by atomic mass is 35.5. The number of carbonyl (C=O) groups is 1. The number of carbonyl (C=O) groups excluding carboxylic acids is 1. The van der Waals surface area contributed by atoms with Crippen LogP contribution in [0.4, 0.5) is 0 Å². The first-order valence-electron chi connectivity index (χ1n) is 3.69. The molecule has 1 amide bonds. The normalized spacial score (nSPS) is 8.69. The maximum absolute atomic E-state index is 10.7. The number of halogens is 1. The maximum Gasteiger partial charge on any atom is 0.234 e. The summed E-state index contributed by atoms with van der Waals surface area (Å²) in [6.07, 6.45) is 1.68. The number of amides is 1. The maximum atomic E-state index is 10.7. The van der Waals surface area contributed by atoms with Crippen LogP contribution in [-0.4, -0.2) is 17.4 Å². The third-order valence-corrected chi connectivity index (χ3v) is 1.38. The second kappa shape index (κ2) is 6.39. The van der Waals surface area contributed by atoms with E-state index in [4.69, 9.17) is 5.73 Å². The smallest absolute Gasteiger partial charge is 0.234 e. The van der Waals surface area contributed by atoms with E-state index in [0.717, 1.165) is 5.69 Å². The van der Waals surface area contributed by atoms with E-state index in [1.165, 1.54) is 0 Å². The lowest BCUT2D eigenvalue weighted by Gasteiger charge is -2.01. The summed E-state index contributed by atoms with van der Waals surface area (Å²) in [7, 11) is 0. The Kier molecular flexibility index (Phi) is 5.84. The van der Waals surface area contributed by atoms with E-state index in [1.54, 1.807) is 6.20 Å². The first-order chi connectivity index (χ1) is 5.83. The molecule has 5 heteroatoms. The summed E-state index contributed by atoms with van der Waals surface area (Å²) in [4.78, 5) is 14.8. The van der Waals surface area contributed by atoms with Gasteiger partial charge in [0.05, 0.1) is 18.8 Å². The minimum absolute atomic E-state index is 0. The van der Waals surface area contributed by atoms with Gasteiger partial charge in [0, 0.05) is 6.20 Å². The molecular weight excluding hydrogens is 190 g/mol. The van der Waals surface area contributed by atoms with Gasteiger partial charge in [0.1, 0.15) is 0 Å². The highest BCUT2D eigenvalue weighted by Crippen LogP contribution is 1.90. The van der Waals surface area contributed by atoms with Gasteiger partial charge in [-0.1, -0.05) is 6.07 Å². The molecule has 1 rings (SSSR count). The van der Waals surface area contributed by atoms with Crippen molar-refractivity contribution in [3.63, 3.8) is 0 Å². The van der Waals surface area contributed by atoms with Gasteiger partial charge in [-0.25, -0.2) is 0 Å². The van der Waals surface area contributed by atoms with E-state index in [9.17, 15) is 4.79 Å². The van der Waals surface area contributed by atoms with Gasteiger partial charge >= 0.3 is 0 Å². The molecule has 1 aromatic rings. The SMILES string of the molecule is Cl.NCC(=O)NCc1ccccn1. The molecule has 0 bridgehead atoms. The number of pyridine rings is 1. The van der Waals surface area contributed by atoms with Crippen LogP contribution in [0.5, 0.6) is 0 Å². The van der Waals surface area contributed by atoms with Crippen molar-refractivity contribution in [3.8, 4) is 0 Å². The van der Waals surface area contributed by atoms with Crippen LogP contribution in [0.25, 0.3) is 0 Å². The number of aromatic nitrogens is 1. The third kappa shape index (κ3) is 4.45. The van der Waals surface area contributed by atoms with E-state index in [2.05, 4.69) is 10.3 Å². The summed E-state index contributed by atoms with van der Waals surface area (Å²) in [5.41, 5.74) is 5.94. The van der Waals surface area contributed by atoms with Crippen LogP contribution in [-0.2, 0) is 11.3 Å². The molecule has 0 spiro atoms. The molecule has 0 unspecified atom stereocenters. The number of nitrogens with two attached hydrogens (primary N) is 1. The molecule has 1 aromatic heterocycles. The van der Waals surface area contributed by atoms with Gasteiger partial charge in [-0.15, -0.1) is 12.4 Å². The molecular formula is C8H12ClN3O. The van der Waals surface area contributed by atoms with Gasteiger partial charge in [0.2, 0.25) is 5.91 Å². The zero-order chi connectivity index (χ0) is 8.81. The fraction of sp³-hybridized carbons (Fsp3) is 0.250. The third-order valence-electron chi connectivity index (χ3n) is 1.38. The molecule has 0 saturated carbocycles. The van der Waals surface area contributed by atoms with Crippen molar-refractivity contribution in [2.45, 2.75) is 6.54 Å². The summed E-state index contributed by atoms with van der Waals surface area (Å²) in [5.74, 6) is -0.166. The molecule has 3 N–H and O–H groups in total. The Morgan fingerprint density at radius 1 is 1.54 bits per heavy atom. The first kappa shape index (κ1) is 11.9. The Morgan fingerprint density at radius 2 is 2.31 bits per heavy atom. The van der Waals surface area contributed by atoms with Gasteiger partial charge in [-0.2, -0.15) is 0 Å². The van der Waals surface area contributed by atoms with E-state index >= 15 is 0 Å². The Hall–Kier alpha value is -1.13. The Labute approximate surface area is 83.0 Å². The molecule has 72 valence electrons. The Balaban J connectivity index is 0.00000144. The van der Waals surface area contributed by atoms with E-state index in [-0.39, 0.29) is 24.9 Å². The van der Waals surface area contributed by atoms with E-state index in [1.807, 2.05) is 18.2 Å². The van der Waals surface area contributed by atoms with Crippen molar-refractivity contribution in [1.29, 1.82) is 0 Å². The highest BCUT2D eigenvalue weighted by Gasteiger charge is 1.96. The monoisotopic (exact) mass is 201 g/mol. The number of nitrogens with zero attached hydrogens (tertiary/aromatic N) is 1. The van der Waals surface area contributed by atoms with Gasteiger partial charge in [-0.3, -0.25) is 9.78 Å². The lowest BCUT2D eigenvalue weighted by molar-refractivity contribution is -0.119. The van der Waals surface area contributed by atoms with Crippen molar-refractivity contribution in [2.75, 3.05) is 6.54 Å². The zero-order valence-corrected chi connectivity index (χ0v) is 7.88. The van der Waals surface area contributed by atoms with Gasteiger partial charge in [0.25, 0.3) is 0 Å². The molecule has 0 radical (unpaired) electrons. The van der Waals surface area contributed by atoms with Crippen LogP contribution >= 0.6 is 12.4 Å². The largest absolute Gasteiger partial charge is 0.349 e. The summed E-state index contributed by atoms with van der Waals surface area (Å²) >= 11 is 0. The predicted octanol–water partition coefficient (Wildman–Crippen LogP) is 0.0783. The summed E-state index contributed by atoms with van der Waals surface area (Å²) in [6.45, 7) is 0.462. The molecule has 1 heterocycles. The summed E-state index contributed by atoms with van der Waals surface area (Å²) in [5, 5.41) is 2.62. The number of rotatable bonds is 3. The summed E-state index contributed by atoms with van der Waals surface area (Å²) in [6, 6.07) is 5.54. The lowest BCUT2D eigenvalue weighted by atomic mass is 10.3. The van der Waals surface area contributed by atoms with Crippen LogP contribution < -0.4 is 11.1 Å². The molecule has 0 aliphatic heterocycles. The molecule has 13 heavy (non-hydrogen) atoms. The van der Waals surface area contributed by atoms with Crippen LogP contribution in [0.3, 0.4) is 0 Å². The fourth-order valence-corrected chi connectivity index (χ4v) is 0.764. The van der Waals surface area contributed by atoms with Crippen LogP contribution in [0.2, 0.25) is 0 Å². The first-order valence-corrected chi connectivity index (χ1v) is 3.69. The minimum Gasteiger partial charge on any atom is -0.349 e. The van der Waals surface area contributed by atoms with Crippen molar-refractivity contribution in [3.05, 3.63) is 30.1 Å². The highest BCUT2D eigenvalue weighted by molar-refractivity contribution is 5.85. The average molecular weight is 202 g/mol. The molecule has 0 aliphatic carbocycles. The second-order valence-corrected chi connectivity index (χ2v) is 2.30. The lowest BCUT2D eigenvalue weighted by Crippen LogP contribution is -2.29. The minimum atomic E-state index is -0.166. The molecule has 0 aromatic carbocycles. The van der Waals surface area contributed by atoms with Crippen LogP contribution in [0.1, 0.15) is 5.69 Å². The van der Waals surface area contributed by atoms with Crippen molar-refractivity contribution < 1.29 is 4.79 Å². The van der Waals surface area contributed by atoms with Crippen molar-refractivity contribution in [2.24, 2.45) is 5.73 Å². The Morgan fingerprint density at radius 3 is 2.85 bits per heavy atom. The second-order valence-electron chi connectivity index (χ2n) is 2.30. The standard InChI is InChI=1S/C8H11N3O.ClH/c9-5-8(12)11-6-7-3-1-2-4-10-7;/h1-4H,5-6,9H2,(H,11,12);1H. The summed E-state index contributed by atoms with van der Waals surface area (Å²) < 4.78 is 0. The molecule has 0 fully saturated rings. The number of nitrogens with one attached hydrogen (secondary N) is 1.